The van der Waals surface area contributed by atoms with Gasteiger partial charge in [-0.2, -0.15) is 0 Å². The van der Waals surface area contributed by atoms with Crippen molar-refractivity contribution < 1.29 is 0 Å². The summed E-state index contributed by atoms with van der Waals surface area (Å²) < 4.78 is 0. The van der Waals surface area contributed by atoms with E-state index in [2.05, 4.69) is 50.2 Å². The predicted molar refractivity (Wildman–Crippen MR) is 111 cm³/mol. The fourth-order valence-corrected chi connectivity index (χ4v) is 4.58. The predicted octanol–water partition coefficient (Wildman–Crippen LogP) is 7.85. The smallest absolute Gasteiger partial charge is 0.0622 e. The second-order valence-corrected chi connectivity index (χ2v) is 16.5. The van der Waals surface area contributed by atoms with E-state index in [0.717, 1.165) is 6.16 Å². The van der Waals surface area contributed by atoms with Gasteiger partial charge in [-0.1, -0.05) is 30.3 Å². The molecular formula is C21H36ClP. The van der Waals surface area contributed by atoms with Crippen LogP contribution in [0.2, 0.25) is 0 Å². The first-order valence-electron chi connectivity index (χ1n) is 9.31. The van der Waals surface area contributed by atoms with E-state index < -0.39 is 5.96 Å². The van der Waals surface area contributed by atoms with Crippen molar-refractivity contribution in [2.75, 3.05) is 19.5 Å². The van der Waals surface area contributed by atoms with Crippen LogP contribution in [0, 0.1) is 0 Å². The van der Waals surface area contributed by atoms with Gasteiger partial charge in [0.15, 0.2) is 0 Å². The normalized spacial score (nSPS) is 13.4. The fraction of sp³-hybridized carbons (Fsp3) is 0.619. The van der Waals surface area contributed by atoms with E-state index >= 15 is 0 Å². The van der Waals surface area contributed by atoms with Crippen LogP contribution < -0.4 is 0 Å². The molecule has 0 aliphatic rings. The zero-order valence-electron chi connectivity index (χ0n) is 15.3. The second kappa shape index (κ2) is 10.5. The summed E-state index contributed by atoms with van der Waals surface area (Å²) >= 11 is 6.64. The Morgan fingerprint density at radius 2 is 1.30 bits per heavy atom. The zero-order valence-corrected chi connectivity index (χ0v) is 16.9. The van der Waals surface area contributed by atoms with Crippen molar-refractivity contribution in [3.63, 3.8) is 0 Å². The number of rotatable bonds is 13. The first-order chi connectivity index (χ1) is 10.9. The van der Waals surface area contributed by atoms with Gasteiger partial charge in [0.2, 0.25) is 0 Å². The van der Waals surface area contributed by atoms with Crippen LogP contribution in [-0.4, -0.2) is 19.5 Å². The topological polar surface area (TPSA) is 0 Å². The molecule has 1 aromatic carbocycles. The molecule has 0 spiro atoms. The van der Waals surface area contributed by atoms with Crippen molar-refractivity contribution in [2.24, 2.45) is 0 Å². The average molecular weight is 355 g/mol. The zero-order chi connectivity index (χ0) is 17.0. The summed E-state index contributed by atoms with van der Waals surface area (Å²) in [5, 5.41) is 0. The number of benzene rings is 1. The quantitative estimate of drug-likeness (QED) is 0.250. The molecule has 0 nitrogen and oxygen atoms in total. The van der Waals surface area contributed by atoms with E-state index in [1.165, 1.54) is 69.8 Å². The Bertz CT molecular complexity index is 430. The number of halogens is 1. The van der Waals surface area contributed by atoms with E-state index in [1.807, 2.05) is 5.82 Å². The van der Waals surface area contributed by atoms with Crippen LogP contribution in [0.15, 0.2) is 42.7 Å². The van der Waals surface area contributed by atoms with Crippen LogP contribution in [0.4, 0.5) is 0 Å². The third-order valence-corrected chi connectivity index (χ3v) is 8.38. The first-order valence-corrected chi connectivity index (χ1v) is 13.6. The van der Waals surface area contributed by atoms with Crippen LogP contribution in [0.5, 0.6) is 0 Å². The van der Waals surface area contributed by atoms with Gasteiger partial charge >= 0.3 is 119 Å². The molecule has 1 rings (SSSR count). The standard InChI is InChI=1S/C21H36ClP/c1-4-23(2,3,22)20-16-11-9-7-5-6-8-10-13-17-21-18-14-12-15-19-21/h4,12,14-15,18-19H,1,5-11,13,16-17,20H2,2-3H3. The summed E-state index contributed by atoms with van der Waals surface area (Å²) in [5.41, 5.74) is 1.48. The molecule has 0 fully saturated rings. The van der Waals surface area contributed by atoms with Crippen LogP contribution in [-0.2, 0) is 6.42 Å². The number of hydrogen-bond acceptors (Lipinski definition) is 0. The van der Waals surface area contributed by atoms with Crippen molar-refractivity contribution in [1.82, 2.24) is 0 Å². The Balaban J connectivity index is 1.88. The monoisotopic (exact) mass is 354 g/mol. The van der Waals surface area contributed by atoms with Gasteiger partial charge < -0.3 is 0 Å². The van der Waals surface area contributed by atoms with Crippen LogP contribution >= 0.6 is 17.2 Å². The third-order valence-electron chi connectivity index (χ3n) is 4.69. The molecule has 132 valence electrons. The van der Waals surface area contributed by atoms with E-state index in [1.54, 1.807) is 0 Å². The molecule has 1 aromatic rings. The number of aryl methyl sites for hydroxylation is 1. The fourth-order valence-electron chi connectivity index (χ4n) is 2.88. The van der Waals surface area contributed by atoms with Gasteiger partial charge in [0.05, 0.1) is 0 Å². The summed E-state index contributed by atoms with van der Waals surface area (Å²) in [6, 6.07) is 10.8. The molecule has 0 N–H and O–H groups in total. The Labute approximate surface area is 149 Å². The number of unbranched alkanes of at least 4 members (excludes halogenated alkanes) is 8. The van der Waals surface area contributed by atoms with Crippen molar-refractivity contribution in [3.8, 4) is 0 Å². The Morgan fingerprint density at radius 3 is 1.83 bits per heavy atom. The van der Waals surface area contributed by atoms with Gasteiger partial charge in [-0.3, -0.25) is 0 Å². The van der Waals surface area contributed by atoms with Crippen LogP contribution in [0.25, 0.3) is 0 Å². The maximum atomic E-state index is 6.64. The summed E-state index contributed by atoms with van der Waals surface area (Å²) in [4.78, 5) is 0. The minimum atomic E-state index is -2.02. The summed E-state index contributed by atoms with van der Waals surface area (Å²) in [5.74, 6) is -0.00474. The summed E-state index contributed by atoms with van der Waals surface area (Å²) in [7, 11) is 0. The van der Waals surface area contributed by atoms with Gasteiger partial charge in [-0.15, -0.1) is 0 Å². The Kier molecular flexibility index (Phi) is 9.48. The molecule has 2 heteroatoms. The van der Waals surface area contributed by atoms with Gasteiger partial charge in [0.1, 0.15) is 0 Å². The minimum absolute atomic E-state index is 1.15. The van der Waals surface area contributed by atoms with Crippen molar-refractivity contribution in [1.29, 1.82) is 0 Å². The molecule has 0 radical (unpaired) electrons. The molecule has 0 amide bonds. The first kappa shape index (κ1) is 20.7. The molecule has 0 saturated carbocycles. The number of hydrogen-bond donors (Lipinski definition) is 0. The molecule has 0 aliphatic carbocycles. The molecule has 0 unspecified atom stereocenters. The van der Waals surface area contributed by atoms with Crippen molar-refractivity contribution >= 4 is 17.2 Å². The van der Waals surface area contributed by atoms with E-state index in [-0.39, 0.29) is 0 Å². The second-order valence-electron chi connectivity index (χ2n) is 7.66. The maximum absolute atomic E-state index is 6.64. The Morgan fingerprint density at radius 1 is 0.826 bits per heavy atom. The third kappa shape index (κ3) is 11.0. The molecule has 0 aliphatic heterocycles. The van der Waals surface area contributed by atoms with Crippen LogP contribution in [0.1, 0.15) is 63.4 Å². The molecule has 0 bridgehead atoms. The van der Waals surface area contributed by atoms with Crippen molar-refractivity contribution in [3.05, 3.63) is 48.3 Å². The summed E-state index contributed by atoms with van der Waals surface area (Å²) in [6.45, 7) is 8.32. The average Bonchev–Trinajstić information content (AvgIpc) is 2.53. The minimum Gasteiger partial charge on any atom is -0.0622 e. The summed E-state index contributed by atoms with van der Waals surface area (Å²) in [6.07, 6.45) is 14.6. The van der Waals surface area contributed by atoms with Gasteiger partial charge in [-0.05, 0) is 0 Å². The molecule has 0 saturated heterocycles. The molecule has 23 heavy (non-hydrogen) atoms. The van der Waals surface area contributed by atoms with E-state index in [0.29, 0.717) is 0 Å². The van der Waals surface area contributed by atoms with E-state index in [9.17, 15) is 0 Å². The molecule has 0 heterocycles. The Hall–Kier alpha value is -0.320. The van der Waals surface area contributed by atoms with Gasteiger partial charge in [0, 0.05) is 0 Å². The van der Waals surface area contributed by atoms with Gasteiger partial charge in [0.25, 0.3) is 0 Å². The van der Waals surface area contributed by atoms with Gasteiger partial charge in [-0.25, -0.2) is 0 Å². The van der Waals surface area contributed by atoms with E-state index in [4.69, 9.17) is 11.2 Å². The molecule has 0 atom stereocenters. The van der Waals surface area contributed by atoms with Crippen LogP contribution in [0.3, 0.4) is 0 Å². The molecular weight excluding hydrogens is 319 g/mol. The SMILES string of the molecule is C=CP(C)(C)(Cl)CCCCCCCCCCCc1ccccc1. The molecule has 0 aromatic heterocycles. The van der Waals surface area contributed by atoms with Crippen molar-refractivity contribution in [2.45, 2.75) is 64.2 Å².